The van der Waals surface area contributed by atoms with Crippen molar-refractivity contribution in [3.05, 3.63) is 35.0 Å². The highest BCUT2D eigenvalue weighted by atomic mass is 32.1. The molecule has 0 aliphatic heterocycles. The zero-order valence-electron chi connectivity index (χ0n) is 8.47. The van der Waals surface area contributed by atoms with E-state index in [1.807, 2.05) is 6.07 Å². The van der Waals surface area contributed by atoms with Crippen LogP contribution in [-0.4, -0.2) is 15.7 Å². The molecular formula is C10H8N4OS. The third kappa shape index (κ3) is 1.94. The minimum absolute atomic E-state index is 0.306. The van der Waals surface area contributed by atoms with Crippen LogP contribution in [0, 0.1) is 11.3 Å². The van der Waals surface area contributed by atoms with Crippen molar-refractivity contribution in [2.45, 2.75) is 0 Å². The van der Waals surface area contributed by atoms with Crippen molar-refractivity contribution in [3.63, 3.8) is 0 Å². The zero-order valence-corrected chi connectivity index (χ0v) is 9.28. The molecule has 0 saturated heterocycles. The minimum Gasteiger partial charge on any atom is -0.311 e. The van der Waals surface area contributed by atoms with E-state index in [2.05, 4.69) is 10.4 Å². The molecule has 0 unspecified atom stereocenters. The molecule has 5 nitrogen and oxygen atoms in total. The molecule has 2 aromatic rings. The number of amides is 1. The Morgan fingerprint density at radius 1 is 1.62 bits per heavy atom. The average molecular weight is 232 g/mol. The topological polar surface area (TPSA) is 70.7 Å². The molecule has 80 valence electrons. The third-order valence-electron chi connectivity index (χ3n) is 1.96. The Bertz CT molecular complexity index is 563. The molecule has 0 bridgehead atoms. The smallest absolute Gasteiger partial charge is 0.276 e. The summed E-state index contributed by atoms with van der Waals surface area (Å²) in [5.74, 6) is -0.306. The molecule has 1 N–H and O–H groups in total. The molecule has 6 heteroatoms. The van der Waals surface area contributed by atoms with E-state index in [1.54, 1.807) is 35.4 Å². The van der Waals surface area contributed by atoms with Crippen LogP contribution in [0.1, 0.15) is 16.1 Å². The van der Waals surface area contributed by atoms with Gasteiger partial charge in [0.25, 0.3) is 5.91 Å². The molecule has 0 aromatic carbocycles. The molecule has 0 atom stereocenters. The van der Waals surface area contributed by atoms with Crippen molar-refractivity contribution < 1.29 is 4.79 Å². The van der Waals surface area contributed by atoms with Crippen molar-refractivity contribution in [2.75, 3.05) is 5.32 Å². The van der Waals surface area contributed by atoms with Crippen LogP contribution in [-0.2, 0) is 7.05 Å². The lowest BCUT2D eigenvalue weighted by Gasteiger charge is -1.99. The van der Waals surface area contributed by atoms with Gasteiger partial charge in [0.1, 0.15) is 11.1 Å². The SMILES string of the molecule is Cn1ccc(C(=O)Nc2sccc2C#N)n1. The van der Waals surface area contributed by atoms with Crippen LogP contribution >= 0.6 is 11.3 Å². The fraction of sp³-hybridized carbons (Fsp3) is 0.100. The summed E-state index contributed by atoms with van der Waals surface area (Å²) in [6.45, 7) is 0. The predicted octanol–water partition coefficient (Wildman–Crippen LogP) is 1.61. The number of anilines is 1. The Balaban J connectivity index is 2.17. The molecule has 0 spiro atoms. The number of thiophene rings is 1. The summed E-state index contributed by atoms with van der Waals surface area (Å²) >= 11 is 1.31. The van der Waals surface area contributed by atoms with Crippen LogP contribution in [0.25, 0.3) is 0 Å². The van der Waals surface area contributed by atoms with Crippen LogP contribution in [0.2, 0.25) is 0 Å². The highest BCUT2D eigenvalue weighted by Gasteiger charge is 2.12. The molecule has 16 heavy (non-hydrogen) atoms. The number of nitriles is 1. The minimum atomic E-state index is -0.306. The van der Waals surface area contributed by atoms with E-state index in [-0.39, 0.29) is 5.91 Å². The Kier molecular flexibility index (Phi) is 2.70. The van der Waals surface area contributed by atoms with Gasteiger partial charge in [0.05, 0.1) is 5.56 Å². The standard InChI is InChI=1S/C10H8N4OS/c1-14-4-2-8(13-14)9(15)12-10-7(6-11)3-5-16-10/h2-5H,1H3,(H,12,15). The largest absolute Gasteiger partial charge is 0.311 e. The monoisotopic (exact) mass is 232 g/mol. The summed E-state index contributed by atoms with van der Waals surface area (Å²) in [6, 6.07) is 5.29. The maximum absolute atomic E-state index is 11.7. The van der Waals surface area contributed by atoms with Gasteiger partial charge in [-0.1, -0.05) is 0 Å². The first-order valence-electron chi connectivity index (χ1n) is 4.49. The lowest BCUT2D eigenvalue weighted by Crippen LogP contribution is -2.12. The van der Waals surface area contributed by atoms with Crippen LogP contribution in [0.15, 0.2) is 23.7 Å². The normalized spacial score (nSPS) is 9.75. The summed E-state index contributed by atoms with van der Waals surface area (Å²) in [6.07, 6.45) is 1.69. The third-order valence-corrected chi connectivity index (χ3v) is 2.79. The second-order valence-electron chi connectivity index (χ2n) is 3.10. The van der Waals surface area contributed by atoms with Gasteiger partial charge in [-0.15, -0.1) is 11.3 Å². The van der Waals surface area contributed by atoms with Crippen LogP contribution in [0.3, 0.4) is 0 Å². The number of hydrogen-bond acceptors (Lipinski definition) is 4. The quantitative estimate of drug-likeness (QED) is 0.855. The predicted molar refractivity (Wildman–Crippen MR) is 60.2 cm³/mol. The van der Waals surface area contributed by atoms with Crippen LogP contribution in [0.4, 0.5) is 5.00 Å². The summed E-state index contributed by atoms with van der Waals surface area (Å²) in [5.41, 5.74) is 0.800. The lowest BCUT2D eigenvalue weighted by atomic mass is 10.3. The Morgan fingerprint density at radius 2 is 2.44 bits per heavy atom. The van der Waals surface area contributed by atoms with E-state index in [9.17, 15) is 4.79 Å². The Hall–Kier alpha value is -2.13. The van der Waals surface area contributed by atoms with Gasteiger partial charge in [-0.3, -0.25) is 9.48 Å². The van der Waals surface area contributed by atoms with Crippen LogP contribution < -0.4 is 5.32 Å². The van der Waals surface area contributed by atoms with Gasteiger partial charge in [0, 0.05) is 13.2 Å². The number of aryl methyl sites for hydroxylation is 1. The first kappa shape index (κ1) is 10.4. The van der Waals surface area contributed by atoms with Crippen molar-refractivity contribution in [1.29, 1.82) is 5.26 Å². The number of rotatable bonds is 2. The second kappa shape index (κ2) is 4.16. The van der Waals surface area contributed by atoms with Gasteiger partial charge in [0.15, 0.2) is 5.69 Å². The molecule has 2 heterocycles. The zero-order chi connectivity index (χ0) is 11.5. The number of hydrogen-bond donors (Lipinski definition) is 1. The molecule has 0 radical (unpaired) electrons. The molecule has 2 rings (SSSR count). The van der Waals surface area contributed by atoms with E-state index >= 15 is 0 Å². The fourth-order valence-corrected chi connectivity index (χ4v) is 1.93. The lowest BCUT2D eigenvalue weighted by molar-refractivity contribution is 0.102. The number of aromatic nitrogens is 2. The molecule has 0 aliphatic carbocycles. The number of nitrogens with zero attached hydrogens (tertiary/aromatic N) is 3. The van der Waals surface area contributed by atoms with Gasteiger partial charge in [0.2, 0.25) is 0 Å². The summed E-state index contributed by atoms with van der Waals surface area (Å²) in [4.78, 5) is 11.7. The van der Waals surface area contributed by atoms with Gasteiger partial charge in [-0.25, -0.2) is 0 Å². The van der Waals surface area contributed by atoms with E-state index in [4.69, 9.17) is 5.26 Å². The molecule has 0 saturated carbocycles. The number of carbonyl (C=O) groups is 1. The highest BCUT2D eigenvalue weighted by molar-refractivity contribution is 7.14. The Morgan fingerprint density at radius 3 is 3.06 bits per heavy atom. The summed E-state index contributed by atoms with van der Waals surface area (Å²) in [5, 5.41) is 17.7. The van der Waals surface area contributed by atoms with Crippen molar-refractivity contribution in [1.82, 2.24) is 9.78 Å². The van der Waals surface area contributed by atoms with Crippen molar-refractivity contribution >= 4 is 22.2 Å². The van der Waals surface area contributed by atoms with E-state index in [1.165, 1.54) is 11.3 Å². The maximum atomic E-state index is 11.7. The summed E-state index contributed by atoms with van der Waals surface area (Å²) < 4.78 is 1.55. The molecule has 1 amide bonds. The highest BCUT2D eigenvalue weighted by Crippen LogP contribution is 2.22. The maximum Gasteiger partial charge on any atom is 0.276 e. The summed E-state index contributed by atoms with van der Waals surface area (Å²) in [7, 11) is 1.74. The van der Waals surface area contributed by atoms with Gasteiger partial charge in [-0.2, -0.15) is 10.4 Å². The van der Waals surface area contributed by atoms with E-state index in [0.717, 1.165) is 0 Å². The van der Waals surface area contributed by atoms with Gasteiger partial charge in [-0.05, 0) is 17.5 Å². The average Bonchev–Trinajstić information content (AvgIpc) is 2.86. The van der Waals surface area contributed by atoms with E-state index in [0.29, 0.717) is 16.3 Å². The number of carbonyl (C=O) groups excluding carboxylic acids is 1. The van der Waals surface area contributed by atoms with Crippen molar-refractivity contribution in [3.8, 4) is 6.07 Å². The second-order valence-corrected chi connectivity index (χ2v) is 4.02. The van der Waals surface area contributed by atoms with E-state index < -0.39 is 0 Å². The first-order chi connectivity index (χ1) is 7.70. The van der Waals surface area contributed by atoms with Crippen molar-refractivity contribution in [2.24, 2.45) is 7.05 Å². The van der Waals surface area contributed by atoms with Gasteiger partial charge >= 0.3 is 0 Å². The molecule has 0 fully saturated rings. The van der Waals surface area contributed by atoms with Gasteiger partial charge < -0.3 is 5.32 Å². The Labute approximate surface area is 95.9 Å². The molecule has 2 aromatic heterocycles. The fourth-order valence-electron chi connectivity index (χ4n) is 1.20. The molecular weight excluding hydrogens is 224 g/mol. The van der Waals surface area contributed by atoms with Crippen LogP contribution in [0.5, 0.6) is 0 Å². The number of nitrogens with one attached hydrogen (secondary N) is 1. The first-order valence-corrected chi connectivity index (χ1v) is 5.37. The molecule has 0 aliphatic rings.